The van der Waals surface area contributed by atoms with Crippen LogP contribution in [0.4, 0.5) is 4.39 Å². The van der Waals surface area contributed by atoms with Crippen LogP contribution in [0.1, 0.15) is 44.7 Å². The van der Waals surface area contributed by atoms with Gasteiger partial charge in [-0.15, -0.1) is 0 Å². The highest BCUT2D eigenvalue weighted by atomic mass is 19.1. The number of nitrogens with one attached hydrogen (secondary N) is 1. The third-order valence-corrected chi connectivity index (χ3v) is 2.68. The second-order valence-corrected chi connectivity index (χ2v) is 3.89. The minimum Gasteiger partial charge on any atom is -0.305 e. The van der Waals surface area contributed by atoms with Crippen molar-refractivity contribution in [2.24, 2.45) is 0 Å². The molecule has 0 bridgehead atoms. The number of hydrogen-bond acceptors (Lipinski definition) is 1. The van der Waals surface area contributed by atoms with Gasteiger partial charge in [0.2, 0.25) is 0 Å². The lowest BCUT2D eigenvalue weighted by atomic mass is 10.0. The number of benzene rings is 1. The van der Waals surface area contributed by atoms with Crippen molar-refractivity contribution < 1.29 is 4.39 Å². The first-order valence-corrected chi connectivity index (χ1v) is 5.60. The molecule has 1 aromatic carbocycles. The van der Waals surface area contributed by atoms with E-state index >= 15 is 0 Å². The molecule has 0 aliphatic rings. The summed E-state index contributed by atoms with van der Waals surface area (Å²) in [5.41, 5.74) is 2.74. The van der Waals surface area contributed by atoms with E-state index in [0.717, 1.165) is 12.0 Å². The molecular weight excluding hydrogens is 201 g/mol. The molecule has 0 unspecified atom stereocenters. The number of allylic oxidation sites excluding steroid dienone is 2. The van der Waals surface area contributed by atoms with Gasteiger partial charge in [0.25, 0.3) is 0 Å². The Morgan fingerprint density at radius 2 is 2.12 bits per heavy atom. The summed E-state index contributed by atoms with van der Waals surface area (Å²) in [6.07, 6.45) is 3.49. The van der Waals surface area contributed by atoms with Gasteiger partial charge in [-0.05, 0) is 37.5 Å². The van der Waals surface area contributed by atoms with Crippen LogP contribution in [0, 0.1) is 11.2 Å². The van der Waals surface area contributed by atoms with Crippen molar-refractivity contribution in [1.29, 1.82) is 5.41 Å². The highest BCUT2D eigenvalue weighted by Gasteiger charge is 2.07. The molecule has 0 spiro atoms. The summed E-state index contributed by atoms with van der Waals surface area (Å²) in [4.78, 5) is 0. The zero-order valence-electron chi connectivity index (χ0n) is 10.1. The molecular formula is C14H18FN. The lowest BCUT2D eigenvalue weighted by molar-refractivity contribution is 0.623. The van der Waals surface area contributed by atoms with Gasteiger partial charge in [0.05, 0.1) is 0 Å². The van der Waals surface area contributed by atoms with Crippen LogP contribution in [0.3, 0.4) is 0 Å². The largest absolute Gasteiger partial charge is 0.305 e. The molecule has 0 aliphatic carbocycles. The van der Waals surface area contributed by atoms with Gasteiger partial charge in [0.1, 0.15) is 5.82 Å². The molecule has 0 fully saturated rings. The van der Waals surface area contributed by atoms with Crippen LogP contribution in [-0.2, 0) is 0 Å². The molecule has 86 valence electrons. The zero-order valence-corrected chi connectivity index (χ0v) is 10.1. The van der Waals surface area contributed by atoms with E-state index in [1.54, 1.807) is 6.07 Å². The maximum absolute atomic E-state index is 13.8. The first-order valence-electron chi connectivity index (χ1n) is 5.60. The first-order chi connectivity index (χ1) is 7.60. The van der Waals surface area contributed by atoms with Crippen molar-refractivity contribution in [3.8, 4) is 0 Å². The van der Waals surface area contributed by atoms with Crippen LogP contribution >= 0.6 is 0 Å². The average Bonchev–Trinajstić information content (AvgIpc) is 2.28. The molecule has 0 heterocycles. The molecule has 1 rings (SSSR count). The molecule has 0 saturated heterocycles. The standard InChI is InChI=1S/C14H18FN/c1-4-6-14(16)11-7-8-12(10(3)5-2)13(15)9-11/h5,7-9,16H,4,6H2,1-3H3/b10-5-,16-14?. The molecule has 1 N–H and O–H groups in total. The number of halogens is 1. The van der Waals surface area contributed by atoms with Crippen LogP contribution in [0.15, 0.2) is 24.3 Å². The van der Waals surface area contributed by atoms with E-state index in [1.807, 2.05) is 32.9 Å². The van der Waals surface area contributed by atoms with Crippen molar-refractivity contribution in [3.63, 3.8) is 0 Å². The predicted molar refractivity (Wildman–Crippen MR) is 67.5 cm³/mol. The minimum atomic E-state index is -0.242. The Morgan fingerprint density at radius 3 is 2.62 bits per heavy atom. The van der Waals surface area contributed by atoms with Crippen LogP contribution < -0.4 is 0 Å². The van der Waals surface area contributed by atoms with E-state index in [2.05, 4.69) is 0 Å². The van der Waals surface area contributed by atoms with E-state index in [4.69, 9.17) is 5.41 Å². The van der Waals surface area contributed by atoms with Gasteiger partial charge < -0.3 is 5.41 Å². The Balaban J connectivity index is 3.04. The molecule has 16 heavy (non-hydrogen) atoms. The highest BCUT2D eigenvalue weighted by molar-refractivity contribution is 5.98. The molecule has 0 amide bonds. The van der Waals surface area contributed by atoms with Crippen LogP contribution in [0.5, 0.6) is 0 Å². The Kier molecular flexibility index (Phi) is 4.41. The van der Waals surface area contributed by atoms with Crippen LogP contribution in [0.25, 0.3) is 5.57 Å². The summed E-state index contributed by atoms with van der Waals surface area (Å²) in [6, 6.07) is 5.04. The van der Waals surface area contributed by atoms with Gasteiger partial charge in [0, 0.05) is 11.3 Å². The molecule has 1 aromatic rings. The molecule has 0 aromatic heterocycles. The van der Waals surface area contributed by atoms with Crippen molar-refractivity contribution in [2.45, 2.75) is 33.6 Å². The topological polar surface area (TPSA) is 23.9 Å². The van der Waals surface area contributed by atoms with Crippen LogP contribution in [0.2, 0.25) is 0 Å². The fourth-order valence-electron chi connectivity index (χ4n) is 1.57. The lowest BCUT2D eigenvalue weighted by Crippen LogP contribution is -2.00. The normalized spacial score (nSPS) is 11.6. The molecule has 0 radical (unpaired) electrons. The maximum atomic E-state index is 13.8. The zero-order chi connectivity index (χ0) is 12.1. The molecule has 0 atom stereocenters. The fourth-order valence-corrected chi connectivity index (χ4v) is 1.57. The van der Waals surface area contributed by atoms with Gasteiger partial charge in [0.15, 0.2) is 0 Å². The molecule has 0 aliphatic heterocycles. The SMILES string of the molecule is C/C=C(/C)c1ccc(C(=N)CCC)cc1F. The second-order valence-electron chi connectivity index (χ2n) is 3.89. The van der Waals surface area contributed by atoms with Crippen molar-refractivity contribution in [3.05, 3.63) is 41.2 Å². The minimum absolute atomic E-state index is 0.242. The summed E-state index contributed by atoms with van der Waals surface area (Å²) in [7, 11) is 0. The third kappa shape index (κ3) is 2.78. The summed E-state index contributed by atoms with van der Waals surface area (Å²) in [5, 5.41) is 7.77. The first kappa shape index (κ1) is 12.6. The predicted octanol–water partition coefficient (Wildman–Crippen LogP) is 4.42. The Hall–Kier alpha value is -1.44. The van der Waals surface area contributed by atoms with Gasteiger partial charge in [-0.2, -0.15) is 0 Å². The van der Waals surface area contributed by atoms with E-state index < -0.39 is 0 Å². The Labute approximate surface area is 96.5 Å². The molecule has 2 heteroatoms. The van der Waals surface area contributed by atoms with Crippen molar-refractivity contribution >= 4 is 11.3 Å². The van der Waals surface area contributed by atoms with Gasteiger partial charge >= 0.3 is 0 Å². The summed E-state index contributed by atoms with van der Waals surface area (Å²) in [6.45, 7) is 5.79. The van der Waals surface area contributed by atoms with E-state index in [9.17, 15) is 4.39 Å². The van der Waals surface area contributed by atoms with Crippen molar-refractivity contribution in [1.82, 2.24) is 0 Å². The quantitative estimate of drug-likeness (QED) is 0.725. The van der Waals surface area contributed by atoms with E-state index in [-0.39, 0.29) is 5.82 Å². The third-order valence-electron chi connectivity index (χ3n) is 2.68. The molecule has 0 saturated carbocycles. The summed E-state index contributed by atoms with van der Waals surface area (Å²) >= 11 is 0. The lowest BCUT2D eigenvalue weighted by Gasteiger charge is -2.07. The van der Waals surface area contributed by atoms with Gasteiger partial charge in [-0.1, -0.05) is 31.6 Å². The van der Waals surface area contributed by atoms with E-state index in [1.165, 1.54) is 6.07 Å². The van der Waals surface area contributed by atoms with E-state index in [0.29, 0.717) is 23.3 Å². The van der Waals surface area contributed by atoms with Gasteiger partial charge in [-0.25, -0.2) is 4.39 Å². The van der Waals surface area contributed by atoms with Crippen molar-refractivity contribution in [2.75, 3.05) is 0 Å². The Bertz CT molecular complexity index is 419. The highest BCUT2D eigenvalue weighted by Crippen LogP contribution is 2.19. The number of rotatable bonds is 4. The fraction of sp³-hybridized carbons (Fsp3) is 0.357. The summed E-state index contributed by atoms with van der Waals surface area (Å²) < 4.78 is 13.8. The summed E-state index contributed by atoms with van der Waals surface area (Å²) in [5.74, 6) is -0.242. The number of hydrogen-bond donors (Lipinski definition) is 1. The maximum Gasteiger partial charge on any atom is 0.131 e. The Morgan fingerprint density at radius 1 is 1.44 bits per heavy atom. The second kappa shape index (κ2) is 5.59. The smallest absolute Gasteiger partial charge is 0.131 e. The monoisotopic (exact) mass is 219 g/mol. The average molecular weight is 219 g/mol. The molecule has 1 nitrogen and oxygen atoms in total. The van der Waals surface area contributed by atoms with Gasteiger partial charge in [-0.3, -0.25) is 0 Å². The van der Waals surface area contributed by atoms with Crippen LogP contribution in [-0.4, -0.2) is 5.71 Å².